The SMILES string of the molecule is CCCCCCC(C=O)O[Te](Cl)(Cl)Cl. The quantitative estimate of drug-likeness (QED) is 0.367. The molecule has 0 fully saturated rings. The van der Waals surface area contributed by atoms with E-state index in [9.17, 15) is 4.79 Å². The van der Waals surface area contributed by atoms with Crippen molar-refractivity contribution in [2.24, 2.45) is 0 Å². The van der Waals surface area contributed by atoms with E-state index in [0.29, 0.717) is 6.42 Å². The minimum atomic E-state index is -3.61. The number of aldehydes is 1. The normalized spacial score (nSPS) is 15.1. The van der Waals surface area contributed by atoms with Crippen molar-refractivity contribution in [1.29, 1.82) is 0 Å². The number of carbonyl (C=O) groups is 1. The van der Waals surface area contributed by atoms with E-state index < -0.39 is 21.3 Å². The van der Waals surface area contributed by atoms with Crippen LogP contribution in [0.1, 0.15) is 39.0 Å². The number of hydrogen-bond acceptors (Lipinski definition) is 2. The Morgan fingerprint density at radius 3 is 2.36 bits per heavy atom. The molecule has 0 heterocycles. The molecule has 6 heteroatoms. The molecular weight excluding hydrogens is 362 g/mol. The molecular formula is C8H15Cl3O2Te. The van der Waals surface area contributed by atoms with Gasteiger partial charge < -0.3 is 0 Å². The van der Waals surface area contributed by atoms with E-state index in [1.807, 2.05) is 0 Å². The van der Waals surface area contributed by atoms with Gasteiger partial charge in [-0.15, -0.1) is 0 Å². The van der Waals surface area contributed by atoms with Crippen molar-refractivity contribution in [2.45, 2.75) is 45.1 Å². The molecule has 0 bridgehead atoms. The van der Waals surface area contributed by atoms with Crippen LogP contribution < -0.4 is 0 Å². The number of carbonyl (C=O) groups excluding carboxylic acids is 1. The molecule has 2 nitrogen and oxygen atoms in total. The van der Waals surface area contributed by atoms with Gasteiger partial charge in [0, 0.05) is 0 Å². The second-order valence-corrected chi connectivity index (χ2v) is 17.5. The molecule has 0 saturated carbocycles. The van der Waals surface area contributed by atoms with Crippen molar-refractivity contribution in [1.82, 2.24) is 0 Å². The Labute approximate surface area is 101 Å². The van der Waals surface area contributed by atoms with E-state index in [1.165, 1.54) is 6.42 Å². The molecule has 0 aliphatic rings. The van der Waals surface area contributed by atoms with Gasteiger partial charge >= 0.3 is 101 Å². The number of rotatable bonds is 8. The van der Waals surface area contributed by atoms with Crippen LogP contribution in [0.15, 0.2) is 0 Å². The first-order valence-electron chi connectivity index (χ1n) is 4.55. The molecule has 0 aliphatic carbocycles. The van der Waals surface area contributed by atoms with Gasteiger partial charge in [0.25, 0.3) is 0 Å². The van der Waals surface area contributed by atoms with Gasteiger partial charge in [-0.3, -0.25) is 0 Å². The molecule has 0 aromatic heterocycles. The number of hydrogen-bond donors (Lipinski definition) is 0. The predicted octanol–water partition coefficient (Wildman–Crippen LogP) is 3.69. The van der Waals surface area contributed by atoms with E-state index in [1.54, 1.807) is 0 Å². The maximum atomic E-state index is 10.6. The Kier molecular flexibility index (Phi) is 9.22. The summed E-state index contributed by atoms with van der Waals surface area (Å²) in [5, 5.41) is 0. The zero-order valence-corrected chi connectivity index (χ0v) is 12.6. The molecule has 0 aromatic carbocycles. The van der Waals surface area contributed by atoms with Crippen LogP contribution in [0.25, 0.3) is 0 Å². The van der Waals surface area contributed by atoms with E-state index >= 15 is 0 Å². The zero-order valence-electron chi connectivity index (χ0n) is 8.05. The van der Waals surface area contributed by atoms with Crippen molar-refractivity contribution < 1.29 is 7.90 Å². The Hall–Kier alpha value is 1.29. The van der Waals surface area contributed by atoms with Gasteiger partial charge in [-0.05, 0) is 0 Å². The summed E-state index contributed by atoms with van der Waals surface area (Å²) in [6.07, 6.45) is 5.22. The summed E-state index contributed by atoms with van der Waals surface area (Å²) in [5.41, 5.74) is 0. The monoisotopic (exact) mass is 378 g/mol. The van der Waals surface area contributed by atoms with Crippen LogP contribution in [0.5, 0.6) is 0 Å². The van der Waals surface area contributed by atoms with Crippen molar-refractivity contribution in [3.8, 4) is 0 Å². The third kappa shape index (κ3) is 9.83. The van der Waals surface area contributed by atoms with Crippen LogP contribution in [0.2, 0.25) is 0 Å². The molecule has 1 atom stereocenters. The average Bonchev–Trinajstić information content (AvgIpc) is 2.08. The van der Waals surface area contributed by atoms with Crippen LogP contribution in [-0.2, 0) is 7.90 Å². The van der Waals surface area contributed by atoms with Crippen LogP contribution in [0.3, 0.4) is 0 Å². The van der Waals surface area contributed by atoms with Crippen molar-refractivity contribution in [3.63, 3.8) is 0 Å². The summed E-state index contributed by atoms with van der Waals surface area (Å²) in [6.45, 7) is 2.13. The van der Waals surface area contributed by atoms with E-state index in [0.717, 1.165) is 25.5 Å². The molecule has 0 amide bonds. The van der Waals surface area contributed by atoms with Crippen LogP contribution in [0.4, 0.5) is 0 Å². The molecule has 0 aromatic rings. The van der Waals surface area contributed by atoms with E-state index in [2.05, 4.69) is 6.92 Å². The summed E-state index contributed by atoms with van der Waals surface area (Å²) < 4.78 is 5.09. The molecule has 0 spiro atoms. The van der Waals surface area contributed by atoms with Gasteiger partial charge in [0.05, 0.1) is 0 Å². The first-order chi connectivity index (χ1) is 6.49. The average molecular weight is 377 g/mol. The summed E-state index contributed by atoms with van der Waals surface area (Å²) in [5.74, 6) is 0. The van der Waals surface area contributed by atoms with Gasteiger partial charge in [-0.25, -0.2) is 0 Å². The molecule has 0 aliphatic heterocycles. The Morgan fingerprint density at radius 2 is 1.93 bits per heavy atom. The molecule has 0 rings (SSSR count). The molecule has 0 saturated heterocycles. The fraction of sp³-hybridized carbons (Fsp3) is 0.875. The van der Waals surface area contributed by atoms with Crippen LogP contribution >= 0.6 is 26.9 Å². The van der Waals surface area contributed by atoms with Crippen molar-refractivity contribution >= 4 is 48.4 Å². The molecule has 14 heavy (non-hydrogen) atoms. The summed E-state index contributed by atoms with van der Waals surface area (Å²) in [7, 11) is 16.8. The topological polar surface area (TPSA) is 26.3 Å². The maximum absolute atomic E-state index is 10.6. The Morgan fingerprint density at radius 1 is 1.29 bits per heavy atom. The van der Waals surface area contributed by atoms with Gasteiger partial charge in [-0.1, -0.05) is 0 Å². The second-order valence-electron chi connectivity index (χ2n) is 2.98. The summed E-state index contributed by atoms with van der Waals surface area (Å²) >= 11 is -3.61. The Bertz CT molecular complexity index is 161. The van der Waals surface area contributed by atoms with Gasteiger partial charge in [0.1, 0.15) is 0 Å². The first kappa shape index (κ1) is 15.3. The van der Waals surface area contributed by atoms with Crippen LogP contribution in [-0.4, -0.2) is 27.6 Å². The number of halogens is 3. The third-order valence-electron chi connectivity index (χ3n) is 1.73. The summed E-state index contributed by atoms with van der Waals surface area (Å²) in [6, 6.07) is 0. The van der Waals surface area contributed by atoms with Gasteiger partial charge in [0.2, 0.25) is 0 Å². The van der Waals surface area contributed by atoms with Gasteiger partial charge in [-0.2, -0.15) is 0 Å². The minimum absolute atomic E-state index is 0.527. The van der Waals surface area contributed by atoms with Crippen molar-refractivity contribution in [2.75, 3.05) is 0 Å². The fourth-order valence-electron chi connectivity index (χ4n) is 1.05. The Balaban J connectivity index is 3.64. The standard InChI is InChI=1S/C8H15Cl3O2Te/c1-2-3-4-5-6-8(7-12)13-14(9,10)11/h7-8H,2-6H2,1H3. The first-order valence-corrected chi connectivity index (χ1v) is 14.4. The molecule has 86 valence electrons. The second kappa shape index (κ2) is 8.44. The number of unbranched alkanes of at least 4 members (excludes halogenated alkanes) is 3. The summed E-state index contributed by atoms with van der Waals surface area (Å²) in [4.78, 5) is 10.6. The van der Waals surface area contributed by atoms with Crippen LogP contribution in [0, 0.1) is 0 Å². The van der Waals surface area contributed by atoms with Gasteiger partial charge in [0.15, 0.2) is 0 Å². The van der Waals surface area contributed by atoms with Crippen molar-refractivity contribution in [3.05, 3.63) is 0 Å². The molecule has 1 unspecified atom stereocenters. The third-order valence-corrected chi connectivity index (χ3v) is 4.52. The zero-order chi connectivity index (χ0) is 11.0. The predicted molar refractivity (Wildman–Crippen MR) is 63.0 cm³/mol. The molecule has 0 N–H and O–H groups in total. The fourth-order valence-corrected chi connectivity index (χ4v) is 4.14. The molecule has 0 radical (unpaired) electrons. The van der Waals surface area contributed by atoms with E-state index in [-0.39, 0.29) is 0 Å². The van der Waals surface area contributed by atoms with E-state index in [4.69, 9.17) is 30.0 Å².